The number of rotatable bonds is 4. The van der Waals surface area contributed by atoms with E-state index in [2.05, 4.69) is 21.2 Å². The third kappa shape index (κ3) is 2.74. The first-order chi connectivity index (χ1) is 7.63. The Morgan fingerprint density at radius 3 is 2.75 bits per heavy atom. The fourth-order valence-corrected chi connectivity index (χ4v) is 1.84. The van der Waals surface area contributed by atoms with E-state index >= 15 is 0 Å². The molecular formula is C11H15BrN2O2. The van der Waals surface area contributed by atoms with Crippen LogP contribution < -0.4 is 15.8 Å². The summed E-state index contributed by atoms with van der Waals surface area (Å²) in [7, 11) is 1.59. The molecule has 0 aliphatic rings. The average molecular weight is 287 g/mol. The number of ether oxygens (including phenoxy) is 1. The fourth-order valence-electron chi connectivity index (χ4n) is 1.34. The molecule has 88 valence electrons. The second-order valence-corrected chi connectivity index (χ2v) is 4.01. The SMILES string of the molecule is CCOc1cc(CN)c(Br)cc1C(=O)NC. The Morgan fingerprint density at radius 2 is 2.25 bits per heavy atom. The molecule has 1 rings (SSSR count). The van der Waals surface area contributed by atoms with Gasteiger partial charge in [0.05, 0.1) is 12.2 Å². The number of carbonyl (C=O) groups is 1. The molecule has 0 aliphatic heterocycles. The predicted octanol–water partition coefficient (Wildman–Crippen LogP) is 1.67. The lowest BCUT2D eigenvalue weighted by Gasteiger charge is -2.12. The van der Waals surface area contributed by atoms with Gasteiger partial charge in [-0.05, 0) is 24.6 Å². The number of benzene rings is 1. The number of amides is 1. The molecule has 4 nitrogen and oxygen atoms in total. The maximum atomic E-state index is 11.6. The highest BCUT2D eigenvalue weighted by Gasteiger charge is 2.14. The first-order valence-corrected chi connectivity index (χ1v) is 5.80. The molecule has 0 unspecified atom stereocenters. The number of nitrogens with two attached hydrogens (primary N) is 1. The van der Waals surface area contributed by atoms with Crippen molar-refractivity contribution in [3.8, 4) is 5.75 Å². The molecule has 16 heavy (non-hydrogen) atoms. The Labute approximate surface area is 103 Å². The van der Waals surface area contributed by atoms with Gasteiger partial charge in [-0.1, -0.05) is 15.9 Å². The lowest BCUT2D eigenvalue weighted by molar-refractivity contribution is 0.0959. The molecule has 0 saturated heterocycles. The summed E-state index contributed by atoms with van der Waals surface area (Å²) in [6, 6.07) is 3.52. The first-order valence-electron chi connectivity index (χ1n) is 5.01. The minimum atomic E-state index is -0.173. The molecule has 1 aromatic carbocycles. The second-order valence-electron chi connectivity index (χ2n) is 3.16. The van der Waals surface area contributed by atoms with Gasteiger partial charge in [-0.25, -0.2) is 0 Å². The van der Waals surface area contributed by atoms with Crippen molar-refractivity contribution in [2.24, 2.45) is 5.73 Å². The van der Waals surface area contributed by atoms with Gasteiger partial charge >= 0.3 is 0 Å². The van der Waals surface area contributed by atoms with Crippen LogP contribution in [0.1, 0.15) is 22.8 Å². The van der Waals surface area contributed by atoms with Crippen LogP contribution in [-0.2, 0) is 6.54 Å². The zero-order valence-corrected chi connectivity index (χ0v) is 10.9. The predicted molar refractivity (Wildman–Crippen MR) is 66.6 cm³/mol. The van der Waals surface area contributed by atoms with Gasteiger partial charge in [0.25, 0.3) is 5.91 Å². The van der Waals surface area contributed by atoms with Gasteiger partial charge in [0.1, 0.15) is 5.75 Å². The molecule has 3 N–H and O–H groups in total. The topological polar surface area (TPSA) is 64.3 Å². The minimum absolute atomic E-state index is 0.173. The summed E-state index contributed by atoms with van der Waals surface area (Å²) in [6.45, 7) is 2.78. The van der Waals surface area contributed by atoms with E-state index in [1.807, 2.05) is 6.92 Å². The normalized spacial score (nSPS) is 10.0. The highest BCUT2D eigenvalue weighted by atomic mass is 79.9. The molecule has 1 amide bonds. The van der Waals surface area contributed by atoms with Crippen molar-refractivity contribution in [1.82, 2.24) is 5.32 Å². The van der Waals surface area contributed by atoms with Crippen molar-refractivity contribution in [2.45, 2.75) is 13.5 Å². The van der Waals surface area contributed by atoms with Gasteiger partial charge < -0.3 is 15.8 Å². The van der Waals surface area contributed by atoms with Crippen LogP contribution in [0.15, 0.2) is 16.6 Å². The second kappa shape index (κ2) is 5.86. The largest absolute Gasteiger partial charge is 0.493 e. The highest BCUT2D eigenvalue weighted by molar-refractivity contribution is 9.10. The van der Waals surface area contributed by atoms with Crippen LogP contribution in [0.2, 0.25) is 0 Å². The average Bonchev–Trinajstić information content (AvgIpc) is 2.30. The van der Waals surface area contributed by atoms with Gasteiger partial charge in [0.15, 0.2) is 0 Å². The van der Waals surface area contributed by atoms with Gasteiger partial charge in [0, 0.05) is 18.1 Å². The van der Waals surface area contributed by atoms with Crippen molar-refractivity contribution in [2.75, 3.05) is 13.7 Å². The summed E-state index contributed by atoms with van der Waals surface area (Å²) >= 11 is 3.37. The lowest BCUT2D eigenvalue weighted by Crippen LogP contribution is -2.19. The number of hydrogen-bond donors (Lipinski definition) is 2. The molecule has 5 heteroatoms. The van der Waals surface area contributed by atoms with Gasteiger partial charge in [-0.15, -0.1) is 0 Å². The molecule has 0 aliphatic carbocycles. The molecule has 0 spiro atoms. The fraction of sp³-hybridized carbons (Fsp3) is 0.364. The first kappa shape index (κ1) is 13.0. The van der Waals surface area contributed by atoms with E-state index in [0.717, 1.165) is 10.0 Å². The summed E-state index contributed by atoms with van der Waals surface area (Å²) in [5.74, 6) is 0.387. The smallest absolute Gasteiger partial charge is 0.254 e. The molecule has 0 radical (unpaired) electrons. The zero-order chi connectivity index (χ0) is 12.1. The maximum Gasteiger partial charge on any atom is 0.254 e. The third-order valence-electron chi connectivity index (χ3n) is 2.14. The standard InChI is InChI=1S/C11H15BrN2O2/c1-3-16-10-4-7(6-13)9(12)5-8(10)11(15)14-2/h4-5H,3,6,13H2,1-2H3,(H,14,15). The van der Waals surface area contributed by atoms with Crippen LogP contribution >= 0.6 is 15.9 Å². The van der Waals surface area contributed by atoms with Crippen LogP contribution in [0.5, 0.6) is 5.75 Å². The van der Waals surface area contributed by atoms with Gasteiger partial charge in [-0.2, -0.15) is 0 Å². The van der Waals surface area contributed by atoms with Crippen molar-refractivity contribution in [3.63, 3.8) is 0 Å². The third-order valence-corrected chi connectivity index (χ3v) is 2.88. The molecule has 0 atom stereocenters. The molecule has 0 bridgehead atoms. The Hall–Kier alpha value is -1.07. The van der Waals surface area contributed by atoms with Crippen LogP contribution in [0, 0.1) is 0 Å². The van der Waals surface area contributed by atoms with Crippen LogP contribution in [-0.4, -0.2) is 19.6 Å². The van der Waals surface area contributed by atoms with Crippen molar-refractivity contribution in [1.29, 1.82) is 0 Å². The number of carbonyl (C=O) groups excluding carboxylic acids is 1. The molecule has 0 heterocycles. The van der Waals surface area contributed by atoms with E-state index in [9.17, 15) is 4.79 Å². The van der Waals surface area contributed by atoms with E-state index in [1.54, 1.807) is 19.2 Å². The summed E-state index contributed by atoms with van der Waals surface area (Å²) in [5.41, 5.74) is 7.01. The van der Waals surface area contributed by atoms with E-state index in [-0.39, 0.29) is 5.91 Å². The Bertz CT molecular complexity index is 394. The molecule has 1 aromatic rings. The molecule has 0 saturated carbocycles. The van der Waals surface area contributed by atoms with E-state index in [0.29, 0.717) is 24.5 Å². The summed E-state index contributed by atoms with van der Waals surface area (Å²) < 4.78 is 6.24. The maximum absolute atomic E-state index is 11.6. The Morgan fingerprint density at radius 1 is 1.56 bits per heavy atom. The highest BCUT2D eigenvalue weighted by Crippen LogP contribution is 2.27. The molecule has 0 aromatic heterocycles. The van der Waals surface area contributed by atoms with Gasteiger partial charge in [0.2, 0.25) is 0 Å². The van der Waals surface area contributed by atoms with Crippen LogP contribution in [0.3, 0.4) is 0 Å². The summed E-state index contributed by atoms with van der Waals surface area (Å²) in [4.78, 5) is 11.6. The molecular weight excluding hydrogens is 272 g/mol. The molecule has 0 fully saturated rings. The number of halogens is 1. The lowest BCUT2D eigenvalue weighted by atomic mass is 10.1. The van der Waals surface area contributed by atoms with Crippen molar-refractivity contribution < 1.29 is 9.53 Å². The quantitative estimate of drug-likeness (QED) is 0.885. The van der Waals surface area contributed by atoms with Crippen molar-refractivity contribution in [3.05, 3.63) is 27.7 Å². The van der Waals surface area contributed by atoms with Crippen LogP contribution in [0.25, 0.3) is 0 Å². The van der Waals surface area contributed by atoms with Gasteiger partial charge in [-0.3, -0.25) is 4.79 Å². The van der Waals surface area contributed by atoms with E-state index in [1.165, 1.54) is 0 Å². The van der Waals surface area contributed by atoms with Crippen molar-refractivity contribution >= 4 is 21.8 Å². The van der Waals surface area contributed by atoms with E-state index in [4.69, 9.17) is 10.5 Å². The number of hydrogen-bond acceptors (Lipinski definition) is 3. The van der Waals surface area contributed by atoms with E-state index < -0.39 is 0 Å². The number of nitrogens with one attached hydrogen (secondary N) is 1. The Kier molecular flexibility index (Phi) is 4.76. The Balaban J connectivity index is 3.24. The minimum Gasteiger partial charge on any atom is -0.493 e. The van der Waals surface area contributed by atoms with Crippen LogP contribution in [0.4, 0.5) is 0 Å². The summed E-state index contributed by atoms with van der Waals surface area (Å²) in [6.07, 6.45) is 0. The zero-order valence-electron chi connectivity index (χ0n) is 9.34. The summed E-state index contributed by atoms with van der Waals surface area (Å²) in [5, 5.41) is 2.57. The monoisotopic (exact) mass is 286 g/mol.